The van der Waals surface area contributed by atoms with Crippen LogP contribution in [0, 0.1) is 11.7 Å². The van der Waals surface area contributed by atoms with Gasteiger partial charge in [0.15, 0.2) is 0 Å². The highest BCUT2D eigenvalue weighted by Crippen LogP contribution is 2.37. The maximum Gasteiger partial charge on any atom is 0.244 e. The van der Waals surface area contributed by atoms with Crippen molar-refractivity contribution in [2.24, 2.45) is 10.9 Å². The van der Waals surface area contributed by atoms with Crippen molar-refractivity contribution in [1.29, 1.82) is 0 Å². The Kier molecular flexibility index (Phi) is 4.66. The van der Waals surface area contributed by atoms with Crippen LogP contribution in [0.5, 0.6) is 0 Å². The van der Waals surface area contributed by atoms with Gasteiger partial charge in [0.05, 0.1) is 22.3 Å². The van der Waals surface area contributed by atoms with Crippen molar-refractivity contribution in [3.05, 3.63) is 53.3 Å². The predicted octanol–water partition coefficient (Wildman–Crippen LogP) is 4.34. The molecule has 4 rings (SSSR count). The molecule has 1 N–H and O–H groups in total. The summed E-state index contributed by atoms with van der Waals surface area (Å²) in [4.78, 5) is 31.8. The van der Waals surface area contributed by atoms with Gasteiger partial charge >= 0.3 is 0 Å². The molecule has 5 nitrogen and oxygen atoms in total. The normalized spacial score (nSPS) is 18.4. The van der Waals surface area contributed by atoms with E-state index in [4.69, 9.17) is 11.6 Å². The number of halogens is 2. The van der Waals surface area contributed by atoms with Crippen LogP contribution >= 0.6 is 11.6 Å². The lowest BCUT2D eigenvalue weighted by atomic mass is 10.1. The lowest BCUT2D eigenvalue weighted by molar-refractivity contribution is -0.122. The van der Waals surface area contributed by atoms with Crippen molar-refractivity contribution in [3.63, 3.8) is 0 Å². The van der Waals surface area contributed by atoms with E-state index in [9.17, 15) is 14.0 Å². The first-order valence-electron chi connectivity index (χ1n) is 8.75. The smallest absolute Gasteiger partial charge is 0.244 e. The van der Waals surface area contributed by atoms with Crippen molar-refractivity contribution in [3.8, 4) is 0 Å². The van der Waals surface area contributed by atoms with E-state index in [1.807, 2.05) is 18.2 Å². The summed E-state index contributed by atoms with van der Waals surface area (Å²) in [7, 11) is 0. The number of para-hydroxylation sites is 2. The van der Waals surface area contributed by atoms with Crippen molar-refractivity contribution in [2.45, 2.75) is 19.3 Å². The van der Waals surface area contributed by atoms with Gasteiger partial charge in [-0.3, -0.25) is 14.6 Å². The summed E-state index contributed by atoms with van der Waals surface area (Å²) in [6.45, 7) is -0.149. The molecule has 1 atom stereocenters. The van der Waals surface area contributed by atoms with Gasteiger partial charge in [0.1, 0.15) is 12.4 Å². The van der Waals surface area contributed by atoms with Crippen molar-refractivity contribution in [1.82, 2.24) is 0 Å². The van der Waals surface area contributed by atoms with Crippen LogP contribution < -0.4 is 10.2 Å². The molecule has 0 aromatic heterocycles. The number of hydrogen-bond donors (Lipinski definition) is 1. The largest absolute Gasteiger partial charge is 0.324 e. The van der Waals surface area contributed by atoms with E-state index < -0.39 is 5.82 Å². The average molecular weight is 386 g/mol. The Morgan fingerprint density at radius 2 is 2.11 bits per heavy atom. The zero-order valence-electron chi connectivity index (χ0n) is 14.4. The molecule has 0 radical (unpaired) electrons. The van der Waals surface area contributed by atoms with Crippen LogP contribution in [-0.2, 0) is 9.59 Å². The minimum atomic E-state index is -0.558. The maximum atomic E-state index is 13.3. The minimum Gasteiger partial charge on any atom is -0.324 e. The number of aliphatic imine (C=N–C) groups is 1. The fourth-order valence-corrected chi connectivity index (χ4v) is 3.74. The van der Waals surface area contributed by atoms with E-state index in [2.05, 4.69) is 10.3 Å². The Morgan fingerprint density at radius 3 is 2.93 bits per heavy atom. The summed E-state index contributed by atoms with van der Waals surface area (Å²) >= 11 is 5.76. The van der Waals surface area contributed by atoms with Gasteiger partial charge in [-0.1, -0.05) is 23.7 Å². The van der Waals surface area contributed by atoms with Crippen LogP contribution in [0.25, 0.3) is 0 Å². The van der Waals surface area contributed by atoms with Crippen LogP contribution in [0.2, 0.25) is 5.02 Å². The molecule has 0 spiro atoms. The zero-order chi connectivity index (χ0) is 19.0. The molecule has 2 aliphatic rings. The topological polar surface area (TPSA) is 61.8 Å². The Balaban J connectivity index is 1.59. The second-order valence-corrected chi connectivity index (χ2v) is 7.05. The van der Waals surface area contributed by atoms with E-state index in [1.54, 1.807) is 6.07 Å². The highest BCUT2D eigenvalue weighted by atomic mass is 35.5. The van der Waals surface area contributed by atoms with Gasteiger partial charge in [0.25, 0.3) is 0 Å². The molecule has 1 saturated carbocycles. The van der Waals surface area contributed by atoms with E-state index in [1.165, 1.54) is 23.1 Å². The van der Waals surface area contributed by atoms with Crippen molar-refractivity contribution < 1.29 is 14.0 Å². The van der Waals surface area contributed by atoms with Crippen molar-refractivity contribution in [2.75, 3.05) is 16.8 Å². The molecule has 1 heterocycles. The summed E-state index contributed by atoms with van der Waals surface area (Å²) in [5.41, 5.74) is 2.58. The maximum absolute atomic E-state index is 13.3. The molecule has 1 aliphatic heterocycles. The first kappa shape index (κ1) is 17.7. The number of benzene rings is 2. The fraction of sp³-hybridized carbons (Fsp3) is 0.250. The first-order valence-corrected chi connectivity index (χ1v) is 9.13. The number of fused-ring (bicyclic) bond motifs is 2. The van der Waals surface area contributed by atoms with Gasteiger partial charge in [0, 0.05) is 11.4 Å². The zero-order valence-corrected chi connectivity index (χ0v) is 15.2. The third-order valence-corrected chi connectivity index (χ3v) is 5.12. The average Bonchev–Trinajstić information content (AvgIpc) is 3.07. The van der Waals surface area contributed by atoms with E-state index >= 15 is 0 Å². The molecule has 1 fully saturated rings. The quantitative estimate of drug-likeness (QED) is 0.854. The van der Waals surface area contributed by atoms with E-state index in [0.717, 1.165) is 25.0 Å². The molecule has 2 amide bonds. The summed E-state index contributed by atoms with van der Waals surface area (Å²) in [6.07, 6.45) is 2.47. The number of nitrogens with zero attached hydrogens (tertiary/aromatic N) is 2. The third-order valence-electron chi connectivity index (χ3n) is 4.83. The first-order chi connectivity index (χ1) is 13.0. The second-order valence-electron chi connectivity index (χ2n) is 6.64. The molecule has 138 valence electrons. The highest BCUT2D eigenvalue weighted by molar-refractivity contribution is 6.31. The molecule has 2 aromatic carbocycles. The number of anilines is 2. The molecular formula is C20H17ClFN3O2. The van der Waals surface area contributed by atoms with Crippen LogP contribution in [0.15, 0.2) is 47.5 Å². The molecule has 1 unspecified atom stereocenters. The van der Waals surface area contributed by atoms with Crippen LogP contribution in [0.1, 0.15) is 19.3 Å². The van der Waals surface area contributed by atoms with Crippen molar-refractivity contribution >= 4 is 46.2 Å². The standard InChI is InChI=1S/C20H17ClFN3O2/c21-14-10-12(8-9-15(14)22)23-19(26)11-25-18-7-2-1-5-17(18)24-16-6-3-4-13(16)20(25)27/h1-2,5,7-10,13H,3-4,6,11H2,(H,23,26). The van der Waals surface area contributed by atoms with Gasteiger partial charge in [0.2, 0.25) is 11.8 Å². The Labute approximate surface area is 160 Å². The summed E-state index contributed by atoms with van der Waals surface area (Å²) in [5.74, 6) is -1.33. The molecule has 1 aliphatic carbocycles. The summed E-state index contributed by atoms with van der Waals surface area (Å²) in [5, 5.41) is 2.59. The number of hydrogen-bond acceptors (Lipinski definition) is 3. The second kappa shape index (κ2) is 7.12. The number of carbonyl (C=O) groups excluding carboxylic acids is 2. The third kappa shape index (κ3) is 3.45. The predicted molar refractivity (Wildman–Crippen MR) is 103 cm³/mol. The van der Waals surface area contributed by atoms with Gasteiger partial charge < -0.3 is 10.2 Å². The molecule has 2 aromatic rings. The van der Waals surface area contributed by atoms with Gasteiger partial charge in [-0.15, -0.1) is 0 Å². The van der Waals surface area contributed by atoms with Crippen LogP contribution in [-0.4, -0.2) is 24.1 Å². The Hall–Kier alpha value is -2.73. The van der Waals surface area contributed by atoms with Gasteiger partial charge in [-0.05, 0) is 49.6 Å². The minimum absolute atomic E-state index is 0.0759. The van der Waals surface area contributed by atoms with E-state index in [-0.39, 0.29) is 29.3 Å². The molecule has 0 saturated heterocycles. The molecule has 0 bridgehead atoms. The van der Waals surface area contributed by atoms with E-state index in [0.29, 0.717) is 17.1 Å². The molecule has 7 heteroatoms. The van der Waals surface area contributed by atoms with Gasteiger partial charge in [-0.2, -0.15) is 0 Å². The van der Waals surface area contributed by atoms with Crippen LogP contribution in [0.4, 0.5) is 21.5 Å². The monoisotopic (exact) mass is 385 g/mol. The molecular weight excluding hydrogens is 369 g/mol. The fourth-order valence-electron chi connectivity index (χ4n) is 3.56. The Morgan fingerprint density at radius 1 is 1.30 bits per heavy atom. The summed E-state index contributed by atoms with van der Waals surface area (Å²) < 4.78 is 13.3. The Bertz CT molecular complexity index is 960. The molecule has 27 heavy (non-hydrogen) atoms. The SMILES string of the molecule is O=C(CN1C(=O)C2CCCC2=Nc2ccccc21)Nc1ccc(F)c(Cl)c1. The number of carbonyl (C=O) groups is 2. The lowest BCUT2D eigenvalue weighted by Gasteiger charge is -2.24. The summed E-state index contributed by atoms with van der Waals surface area (Å²) in [6, 6.07) is 11.3. The highest BCUT2D eigenvalue weighted by Gasteiger charge is 2.37. The lowest BCUT2D eigenvalue weighted by Crippen LogP contribution is -2.41. The number of nitrogens with one attached hydrogen (secondary N) is 1. The number of rotatable bonds is 3. The number of amides is 2. The van der Waals surface area contributed by atoms with Gasteiger partial charge in [-0.25, -0.2) is 4.39 Å². The van der Waals surface area contributed by atoms with Crippen LogP contribution in [0.3, 0.4) is 0 Å².